The standard InChI is InChI=1S/C12H24N2/c1-10-9-12(6-7-13-10)14-8-4-3-5-11(14)2/h10-13H,3-9H2,1-2H3. The van der Waals surface area contributed by atoms with Gasteiger partial charge in [-0.3, -0.25) is 4.90 Å². The highest BCUT2D eigenvalue weighted by atomic mass is 15.2. The van der Waals surface area contributed by atoms with Crippen molar-refractivity contribution >= 4 is 0 Å². The summed E-state index contributed by atoms with van der Waals surface area (Å²) in [5.41, 5.74) is 0. The maximum Gasteiger partial charge on any atom is 0.0125 e. The molecular weight excluding hydrogens is 172 g/mol. The third-order valence-corrected chi connectivity index (χ3v) is 3.92. The second-order valence-corrected chi connectivity index (χ2v) is 5.12. The van der Waals surface area contributed by atoms with Crippen LogP contribution in [0.5, 0.6) is 0 Å². The van der Waals surface area contributed by atoms with Crippen molar-refractivity contribution in [3.8, 4) is 0 Å². The molecule has 3 unspecified atom stereocenters. The van der Waals surface area contributed by atoms with Gasteiger partial charge in [0.2, 0.25) is 0 Å². The van der Waals surface area contributed by atoms with E-state index in [2.05, 4.69) is 24.1 Å². The minimum absolute atomic E-state index is 0.725. The highest BCUT2D eigenvalue weighted by Gasteiger charge is 2.28. The number of hydrogen-bond donors (Lipinski definition) is 1. The minimum atomic E-state index is 0.725. The molecule has 2 saturated heterocycles. The zero-order chi connectivity index (χ0) is 9.97. The van der Waals surface area contributed by atoms with Crippen LogP contribution >= 0.6 is 0 Å². The van der Waals surface area contributed by atoms with Crippen molar-refractivity contribution in [1.82, 2.24) is 10.2 Å². The van der Waals surface area contributed by atoms with Crippen LogP contribution < -0.4 is 5.32 Å². The van der Waals surface area contributed by atoms with Crippen LogP contribution in [-0.4, -0.2) is 36.1 Å². The number of piperidine rings is 2. The first-order valence-corrected chi connectivity index (χ1v) is 6.26. The van der Waals surface area contributed by atoms with E-state index in [0.29, 0.717) is 0 Å². The predicted octanol–water partition coefficient (Wildman–Crippen LogP) is 2.00. The van der Waals surface area contributed by atoms with Crippen molar-refractivity contribution in [2.24, 2.45) is 0 Å². The number of hydrogen-bond acceptors (Lipinski definition) is 2. The molecule has 2 nitrogen and oxygen atoms in total. The lowest BCUT2D eigenvalue weighted by Crippen LogP contribution is -2.51. The Morgan fingerprint density at radius 3 is 2.71 bits per heavy atom. The summed E-state index contributed by atoms with van der Waals surface area (Å²) in [6.07, 6.45) is 6.98. The second kappa shape index (κ2) is 4.63. The predicted molar refractivity (Wildman–Crippen MR) is 60.5 cm³/mol. The van der Waals surface area contributed by atoms with Gasteiger partial charge in [-0.1, -0.05) is 6.42 Å². The third kappa shape index (κ3) is 2.29. The Balaban J connectivity index is 1.91. The molecule has 0 bridgehead atoms. The normalized spacial score (nSPS) is 41.1. The van der Waals surface area contributed by atoms with E-state index in [0.717, 1.165) is 18.1 Å². The summed E-state index contributed by atoms with van der Waals surface area (Å²) in [5.74, 6) is 0. The number of nitrogens with zero attached hydrogens (tertiary/aromatic N) is 1. The molecule has 3 atom stereocenters. The van der Waals surface area contributed by atoms with E-state index in [9.17, 15) is 0 Å². The molecule has 0 saturated carbocycles. The second-order valence-electron chi connectivity index (χ2n) is 5.12. The SMILES string of the molecule is CC1CC(N2CCCCC2C)CCN1. The molecule has 0 amide bonds. The molecule has 14 heavy (non-hydrogen) atoms. The van der Waals surface area contributed by atoms with Gasteiger partial charge in [-0.2, -0.15) is 0 Å². The summed E-state index contributed by atoms with van der Waals surface area (Å²) >= 11 is 0. The molecule has 0 aromatic heterocycles. The van der Waals surface area contributed by atoms with Crippen LogP contribution in [0.25, 0.3) is 0 Å². The fourth-order valence-electron chi connectivity index (χ4n) is 3.07. The molecule has 0 radical (unpaired) electrons. The average molecular weight is 196 g/mol. The van der Waals surface area contributed by atoms with Crippen LogP contribution in [0, 0.1) is 0 Å². The largest absolute Gasteiger partial charge is 0.314 e. The van der Waals surface area contributed by atoms with Gasteiger partial charge in [0, 0.05) is 18.1 Å². The van der Waals surface area contributed by atoms with Gasteiger partial charge in [0.1, 0.15) is 0 Å². The van der Waals surface area contributed by atoms with Crippen LogP contribution in [0.15, 0.2) is 0 Å². The van der Waals surface area contributed by atoms with Crippen molar-refractivity contribution in [1.29, 1.82) is 0 Å². The Kier molecular flexibility index (Phi) is 3.45. The number of likely N-dealkylation sites (tertiary alicyclic amines) is 1. The fourth-order valence-corrected chi connectivity index (χ4v) is 3.07. The Bertz CT molecular complexity index is 181. The summed E-state index contributed by atoms with van der Waals surface area (Å²) in [6, 6.07) is 2.42. The van der Waals surface area contributed by atoms with E-state index in [1.54, 1.807) is 0 Å². The summed E-state index contributed by atoms with van der Waals surface area (Å²) in [6.45, 7) is 7.29. The van der Waals surface area contributed by atoms with Crippen LogP contribution in [0.2, 0.25) is 0 Å². The van der Waals surface area contributed by atoms with E-state index >= 15 is 0 Å². The lowest BCUT2D eigenvalue weighted by Gasteiger charge is -2.43. The molecule has 0 aromatic rings. The molecule has 1 N–H and O–H groups in total. The monoisotopic (exact) mass is 196 g/mol. The molecule has 0 aliphatic carbocycles. The van der Waals surface area contributed by atoms with Crippen molar-refractivity contribution < 1.29 is 0 Å². The Morgan fingerprint density at radius 2 is 2.00 bits per heavy atom. The molecule has 0 aromatic carbocycles. The topological polar surface area (TPSA) is 15.3 Å². The maximum atomic E-state index is 3.54. The maximum absolute atomic E-state index is 3.54. The van der Waals surface area contributed by atoms with Gasteiger partial charge in [-0.15, -0.1) is 0 Å². The third-order valence-electron chi connectivity index (χ3n) is 3.92. The molecule has 2 aliphatic rings. The molecular formula is C12H24N2. The molecule has 2 fully saturated rings. The summed E-state index contributed by atoms with van der Waals surface area (Å²) in [5, 5.41) is 3.54. The van der Waals surface area contributed by atoms with E-state index in [1.165, 1.54) is 45.2 Å². The first-order chi connectivity index (χ1) is 6.77. The van der Waals surface area contributed by atoms with Crippen LogP contribution in [-0.2, 0) is 0 Å². The van der Waals surface area contributed by atoms with Crippen LogP contribution in [0.1, 0.15) is 46.0 Å². The Hall–Kier alpha value is -0.0800. The zero-order valence-corrected chi connectivity index (χ0v) is 9.63. The van der Waals surface area contributed by atoms with Crippen molar-refractivity contribution in [2.75, 3.05) is 13.1 Å². The summed E-state index contributed by atoms with van der Waals surface area (Å²) in [4.78, 5) is 2.76. The Labute approximate surface area is 88.1 Å². The fraction of sp³-hybridized carbons (Fsp3) is 1.00. The van der Waals surface area contributed by atoms with E-state index in [4.69, 9.17) is 0 Å². The van der Waals surface area contributed by atoms with E-state index in [1.807, 2.05) is 0 Å². The van der Waals surface area contributed by atoms with Gasteiger partial charge in [0.25, 0.3) is 0 Å². The van der Waals surface area contributed by atoms with Crippen molar-refractivity contribution in [3.63, 3.8) is 0 Å². The van der Waals surface area contributed by atoms with Gasteiger partial charge in [-0.05, 0) is 52.6 Å². The molecule has 2 heteroatoms. The number of rotatable bonds is 1. The van der Waals surface area contributed by atoms with Gasteiger partial charge in [-0.25, -0.2) is 0 Å². The van der Waals surface area contributed by atoms with Gasteiger partial charge in [0.05, 0.1) is 0 Å². The highest BCUT2D eigenvalue weighted by Crippen LogP contribution is 2.24. The Morgan fingerprint density at radius 1 is 1.14 bits per heavy atom. The smallest absolute Gasteiger partial charge is 0.0125 e. The summed E-state index contributed by atoms with van der Waals surface area (Å²) in [7, 11) is 0. The van der Waals surface area contributed by atoms with E-state index in [-0.39, 0.29) is 0 Å². The first-order valence-electron chi connectivity index (χ1n) is 6.26. The first kappa shape index (κ1) is 10.4. The highest BCUT2D eigenvalue weighted by molar-refractivity contribution is 4.86. The molecule has 2 aliphatic heterocycles. The lowest BCUT2D eigenvalue weighted by atomic mass is 9.94. The zero-order valence-electron chi connectivity index (χ0n) is 9.63. The molecule has 2 rings (SSSR count). The van der Waals surface area contributed by atoms with Crippen LogP contribution in [0.4, 0.5) is 0 Å². The lowest BCUT2D eigenvalue weighted by molar-refractivity contribution is 0.0772. The van der Waals surface area contributed by atoms with E-state index < -0.39 is 0 Å². The summed E-state index contributed by atoms with van der Waals surface area (Å²) < 4.78 is 0. The van der Waals surface area contributed by atoms with Gasteiger partial charge in [0.15, 0.2) is 0 Å². The van der Waals surface area contributed by atoms with Crippen molar-refractivity contribution in [2.45, 2.75) is 64.1 Å². The van der Waals surface area contributed by atoms with Crippen LogP contribution in [0.3, 0.4) is 0 Å². The minimum Gasteiger partial charge on any atom is -0.314 e. The molecule has 2 heterocycles. The van der Waals surface area contributed by atoms with Gasteiger partial charge < -0.3 is 5.32 Å². The molecule has 82 valence electrons. The average Bonchev–Trinajstić information content (AvgIpc) is 2.18. The quantitative estimate of drug-likeness (QED) is 0.690. The number of nitrogens with one attached hydrogen (secondary N) is 1. The van der Waals surface area contributed by atoms with Crippen molar-refractivity contribution in [3.05, 3.63) is 0 Å². The molecule has 0 spiro atoms. The van der Waals surface area contributed by atoms with Gasteiger partial charge >= 0.3 is 0 Å².